The fraction of sp³-hybridized carbons (Fsp3) is 0.190. The largest absolute Gasteiger partial charge is 0.308 e. The van der Waals surface area contributed by atoms with Crippen molar-refractivity contribution in [3.8, 4) is 22.4 Å². The molecular formula is C21H21NO. The normalized spacial score (nSPS) is 10.7. The molecule has 0 aliphatic carbocycles. The van der Waals surface area contributed by atoms with E-state index in [2.05, 4.69) is 25.1 Å². The standard InChI is InChI=1S/C21H21NO/c1-2-3-14-22-20(18-12-8-5-9-13-18)15-19(16-21(22)23)17-10-6-4-7-11-17/h4-13,15-16H,2-3,14H2,1H3. The van der Waals surface area contributed by atoms with Crippen molar-refractivity contribution in [3.63, 3.8) is 0 Å². The van der Waals surface area contributed by atoms with E-state index in [0.717, 1.165) is 41.8 Å². The van der Waals surface area contributed by atoms with Gasteiger partial charge in [-0.1, -0.05) is 74.0 Å². The van der Waals surface area contributed by atoms with Gasteiger partial charge in [-0.2, -0.15) is 0 Å². The van der Waals surface area contributed by atoms with Gasteiger partial charge in [0.1, 0.15) is 0 Å². The molecule has 2 nitrogen and oxygen atoms in total. The third-order valence-electron chi connectivity index (χ3n) is 4.04. The highest BCUT2D eigenvalue weighted by Crippen LogP contribution is 2.25. The molecule has 0 N–H and O–H groups in total. The Balaban J connectivity index is 2.17. The summed E-state index contributed by atoms with van der Waals surface area (Å²) in [5.41, 5.74) is 4.19. The second-order valence-electron chi connectivity index (χ2n) is 5.70. The Morgan fingerprint density at radius 1 is 0.783 bits per heavy atom. The predicted molar refractivity (Wildman–Crippen MR) is 96.5 cm³/mol. The SMILES string of the molecule is CCCCn1c(-c2ccccc2)cc(-c2ccccc2)cc1=O. The van der Waals surface area contributed by atoms with E-state index in [1.165, 1.54) is 0 Å². The molecule has 0 amide bonds. The molecule has 0 unspecified atom stereocenters. The summed E-state index contributed by atoms with van der Waals surface area (Å²) in [6.07, 6.45) is 2.07. The summed E-state index contributed by atoms with van der Waals surface area (Å²) < 4.78 is 1.89. The minimum Gasteiger partial charge on any atom is -0.308 e. The van der Waals surface area contributed by atoms with Crippen LogP contribution in [-0.4, -0.2) is 4.57 Å². The molecule has 0 fully saturated rings. The fourth-order valence-electron chi connectivity index (χ4n) is 2.79. The minimum absolute atomic E-state index is 0.0682. The van der Waals surface area contributed by atoms with Gasteiger partial charge in [-0.3, -0.25) is 4.79 Å². The summed E-state index contributed by atoms with van der Waals surface area (Å²) in [7, 11) is 0. The highest BCUT2D eigenvalue weighted by molar-refractivity contribution is 5.70. The Hall–Kier alpha value is -2.61. The molecule has 2 aromatic carbocycles. The van der Waals surface area contributed by atoms with Crippen LogP contribution in [0.4, 0.5) is 0 Å². The number of rotatable bonds is 5. The fourth-order valence-corrected chi connectivity index (χ4v) is 2.79. The molecule has 3 rings (SSSR count). The first kappa shape index (κ1) is 15.3. The molecule has 0 aliphatic heterocycles. The van der Waals surface area contributed by atoms with Crippen molar-refractivity contribution in [1.82, 2.24) is 4.57 Å². The average molecular weight is 303 g/mol. The van der Waals surface area contributed by atoms with E-state index in [0.29, 0.717) is 0 Å². The molecule has 1 heterocycles. The summed E-state index contributed by atoms with van der Waals surface area (Å²) in [5.74, 6) is 0. The van der Waals surface area contributed by atoms with Crippen LogP contribution in [0.2, 0.25) is 0 Å². The maximum absolute atomic E-state index is 12.7. The number of hydrogen-bond acceptors (Lipinski definition) is 1. The maximum Gasteiger partial charge on any atom is 0.251 e. The molecule has 23 heavy (non-hydrogen) atoms. The van der Waals surface area contributed by atoms with E-state index in [9.17, 15) is 4.79 Å². The van der Waals surface area contributed by atoms with Crippen LogP contribution in [0.3, 0.4) is 0 Å². The molecule has 1 aromatic heterocycles. The van der Waals surface area contributed by atoms with Crippen molar-refractivity contribution >= 4 is 0 Å². The van der Waals surface area contributed by atoms with Crippen LogP contribution >= 0.6 is 0 Å². The Morgan fingerprint density at radius 3 is 2.00 bits per heavy atom. The summed E-state index contributed by atoms with van der Waals surface area (Å²) in [6, 6.07) is 24.1. The number of unbranched alkanes of at least 4 members (excludes halogenated alkanes) is 1. The lowest BCUT2D eigenvalue weighted by atomic mass is 10.0. The number of aromatic nitrogens is 1. The second-order valence-corrected chi connectivity index (χ2v) is 5.70. The van der Waals surface area contributed by atoms with Crippen molar-refractivity contribution in [2.75, 3.05) is 0 Å². The third kappa shape index (κ3) is 3.42. The number of pyridine rings is 1. The maximum atomic E-state index is 12.7. The first-order chi connectivity index (χ1) is 11.3. The zero-order valence-corrected chi connectivity index (χ0v) is 13.4. The van der Waals surface area contributed by atoms with E-state index in [4.69, 9.17) is 0 Å². The number of hydrogen-bond donors (Lipinski definition) is 0. The van der Waals surface area contributed by atoms with E-state index in [1.807, 2.05) is 53.1 Å². The summed E-state index contributed by atoms with van der Waals surface area (Å²) in [4.78, 5) is 12.7. The molecule has 3 aromatic rings. The smallest absolute Gasteiger partial charge is 0.251 e. The first-order valence-corrected chi connectivity index (χ1v) is 8.15. The zero-order valence-electron chi connectivity index (χ0n) is 13.4. The van der Waals surface area contributed by atoms with Gasteiger partial charge in [0.15, 0.2) is 0 Å². The van der Waals surface area contributed by atoms with Gasteiger partial charge in [-0.15, -0.1) is 0 Å². The molecule has 0 bridgehead atoms. The molecule has 2 heteroatoms. The highest BCUT2D eigenvalue weighted by atomic mass is 16.1. The monoisotopic (exact) mass is 303 g/mol. The van der Waals surface area contributed by atoms with Gasteiger partial charge in [0.2, 0.25) is 0 Å². The Morgan fingerprint density at radius 2 is 1.39 bits per heavy atom. The highest BCUT2D eigenvalue weighted by Gasteiger charge is 2.09. The molecule has 0 atom stereocenters. The summed E-state index contributed by atoms with van der Waals surface area (Å²) in [6.45, 7) is 2.90. The van der Waals surface area contributed by atoms with Gasteiger partial charge >= 0.3 is 0 Å². The van der Waals surface area contributed by atoms with Crippen LogP contribution < -0.4 is 5.56 Å². The lowest BCUT2D eigenvalue weighted by molar-refractivity contribution is 0.619. The Kier molecular flexibility index (Phi) is 4.72. The van der Waals surface area contributed by atoms with Gasteiger partial charge in [0.25, 0.3) is 5.56 Å². The molecule has 0 aliphatic rings. The van der Waals surface area contributed by atoms with Crippen molar-refractivity contribution in [3.05, 3.63) is 83.2 Å². The predicted octanol–water partition coefficient (Wildman–Crippen LogP) is 4.98. The molecule has 0 radical (unpaired) electrons. The summed E-state index contributed by atoms with van der Waals surface area (Å²) >= 11 is 0. The van der Waals surface area contributed by atoms with Crippen LogP contribution in [-0.2, 0) is 6.54 Å². The van der Waals surface area contributed by atoms with E-state index in [1.54, 1.807) is 6.07 Å². The van der Waals surface area contributed by atoms with Crippen molar-refractivity contribution in [2.45, 2.75) is 26.3 Å². The molecular weight excluding hydrogens is 282 g/mol. The van der Waals surface area contributed by atoms with Crippen LogP contribution in [0.15, 0.2) is 77.6 Å². The van der Waals surface area contributed by atoms with E-state index in [-0.39, 0.29) is 5.56 Å². The van der Waals surface area contributed by atoms with Crippen molar-refractivity contribution in [2.24, 2.45) is 0 Å². The second kappa shape index (κ2) is 7.10. The molecule has 0 saturated heterocycles. The Labute approximate surface area is 137 Å². The van der Waals surface area contributed by atoms with Crippen LogP contribution in [0.5, 0.6) is 0 Å². The van der Waals surface area contributed by atoms with Gasteiger partial charge in [-0.05, 0) is 29.2 Å². The summed E-state index contributed by atoms with van der Waals surface area (Å²) in [5, 5.41) is 0. The van der Waals surface area contributed by atoms with Crippen molar-refractivity contribution in [1.29, 1.82) is 0 Å². The lowest BCUT2D eigenvalue weighted by Crippen LogP contribution is -2.21. The van der Waals surface area contributed by atoms with Crippen LogP contribution in [0, 0.1) is 0 Å². The third-order valence-corrected chi connectivity index (χ3v) is 4.04. The topological polar surface area (TPSA) is 22.0 Å². The van der Waals surface area contributed by atoms with Gasteiger partial charge in [-0.25, -0.2) is 0 Å². The molecule has 0 spiro atoms. The van der Waals surface area contributed by atoms with Crippen LogP contribution in [0.1, 0.15) is 19.8 Å². The Bertz CT molecular complexity index is 819. The van der Waals surface area contributed by atoms with Gasteiger partial charge in [0, 0.05) is 12.6 Å². The molecule has 116 valence electrons. The first-order valence-electron chi connectivity index (χ1n) is 8.15. The van der Waals surface area contributed by atoms with Crippen LogP contribution in [0.25, 0.3) is 22.4 Å². The average Bonchev–Trinajstić information content (AvgIpc) is 2.61. The van der Waals surface area contributed by atoms with E-state index < -0.39 is 0 Å². The lowest BCUT2D eigenvalue weighted by Gasteiger charge is -2.15. The van der Waals surface area contributed by atoms with Crippen molar-refractivity contribution < 1.29 is 0 Å². The van der Waals surface area contributed by atoms with Gasteiger partial charge in [0.05, 0.1) is 5.69 Å². The van der Waals surface area contributed by atoms with Gasteiger partial charge < -0.3 is 4.57 Å². The zero-order chi connectivity index (χ0) is 16.1. The minimum atomic E-state index is 0.0682. The van der Waals surface area contributed by atoms with E-state index >= 15 is 0 Å². The quantitative estimate of drug-likeness (QED) is 0.651. The number of nitrogens with zero attached hydrogens (tertiary/aromatic N) is 1. The molecule has 0 saturated carbocycles. The number of benzene rings is 2.